The molecule has 9 nitrogen and oxygen atoms in total. The molecule has 0 bridgehead atoms. The van der Waals surface area contributed by atoms with Crippen molar-refractivity contribution in [3.63, 3.8) is 0 Å². The van der Waals surface area contributed by atoms with Gasteiger partial charge in [0, 0.05) is 24.5 Å². The third-order valence-electron chi connectivity index (χ3n) is 5.67. The lowest BCUT2D eigenvalue weighted by Crippen LogP contribution is -2.65. The van der Waals surface area contributed by atoms with Gasteiger partial charge < -0.3 is 20.3 Å². The Morgan fingerprint density at radius 2 is 1.56 bits per heavy atom. The topological polar surface area (TPSA) is 94.2 Å². The second-order valence-electron chi connectivity index (χ2n) is 8.37. The number of amides is 3. The van der Waals surface area contributed by atoms with Gasteiger partial charge in [0.1, 0.15) is 6.10 Å². The van der Waals surface area contributed by atoms with Crippen LogP contribution >= 0.6 is 34.8 Å². The van der Waals surface area contributed by atoms with E-state index >= 15 is 0 Å². The van der Waals surface area contributed by atoms with Crippen molar-refractivity contribution in [1.82, 2.24) is 15.5 Å². The molecule has 19 heteroatoms. The lowest BCUT2D eigenvalue weighted by molar-refractivity contribution is -0.209. The molecule has 0 saturated carbocycles. The number of anilines is 2. The molecule has 2 saturated heterocycles. The predicted octanol–water partition coefficient (Wildman–Crippen LogP) is 3.48. The largest absolute Gasteiger partial charge is 0.471 e. The highest BCUT2D eigenvalue weighted by molar-refractivity contribution is 6.76. The van der Waals surface area contributed by atoms with E-state index in [9.17, 15) is 45.1 Å². The summed E-state index contributed by atoms with van der Waals surface area (Å²) in [4.78, 5) is 37.8. The molecule has 3 rings (SSSR count). The molecule has 1 aromatic rings. The van der Waals surface area contributed by atoms with Gasteiger partial charge in [0.15, 0.2) is 12.5 Å². The molecule has 2 fully saturated rings. The Hall–Kier alpha value is -2.43. The minimum absolute atomic E-state index is 0.0945. The van der Waals surface area contributed by atoms with E-state index in [1.54, 1.807) is 5.32 Å². The summed E-state index contributed by atoms with van der Waals surface area (Å²) in [5.41, 5.74) is 0.659. The molecule has 3 amide bonds. The van der Waals surface area contributed by atoms with Gasteiger partial charge in [0.25, 0.3) is 9.70 Å². The van der Waals surface area contributed by atoms with Crippen LogP contribution in [0.4, 0.5) is 46.9 Å². The van der Waals surface area contributed by atoms with Crippen molar-refractivity contribution in [2.45, 2.75) is 34.7 Å². The highest BCUT2D eigenvalue weighted by atomic mass is 35.6. The maximum Gasteiger partial charge on any atom is 0.471 e. The SMILES string of the molecule is O=C1OC(CNC(=O)C(F)(F)F)CN1c1ccc(N2CCN(C(NC(=O)C(Cl)(Cl)Cl)C(F)(F)F)C(F)C2)cc1. The zero-order valence-corrected chi connectivity index (χ0v) is 21.6. The standard InChI is InChI=1S/C20H19Cl3F7N5O4/c21-18(22,23)15(36)32-14(19(25,26)27)34-6-5-33(9-13(34)24)10-1-3-11(4-2-10)35-8-12(39-17(35)38)7-31-16(37)20(28,29)30/h1-4,12-14H,5-9H2,(H,31,37)(H,32,36). The predicted molar refractivity (Wildman–Crippen MR) is 125 cm³/mol. The van der Waals surface area contributed by atoms with Crippen LogP contribution < -0.4 is 20.4 Å². The van der Waals surface area contributed by atoms with Gasteiger partial charge in [-0.3, -0.25) is 14.5 Å². The first kappa shape index (κ1) is 31.1. The van der Waals surface area contributed by atoms with E-state index in [0.29, 0.717) is 10.6 Å². The number of cyclic esters (lactones) is 1. The van der Waals surface area contributed by atoms with Gasteiger partial charge in [0.05, 0.1) is 19.6 Å². The van der Waals surface area contributed by atoms with E-state index in [-0.39, 0.29) is 18.8 Å². The normalized spacial score (nSPS) is 21.9. The van der Waals surface area contributed by atoms with Crippen molar-refractivity contribution in [2.24, 2.45) is 0 Å². The third kappa shape index (κ3) is 7.83. The molecule has 0 radical (unpaired) electrons. The third-order valence-corrected chi connectivity index (χ3v) is 6.19. The van der Waals surface area contributed by atoms with Crippen LogP contribution in [0, 0.1) is 0 Å². The fourth-order valence-electron chi connectivity index (χ4n) is 3.83. The Balaban J connectivity index is 1.61. The van der Waals surface area contributed by atoms with Crippen molar-refractivity contribution in [3.8, 4) is 0 Å². The number of hydrogen-bond donors (Lipinski definition) is 2. The van der Waals surface area contributed by atoms with Gasteiger partial charge >= 0.3 is 24.4 Å². The lowest BCUT2D eigenvalue weighted by Gasteiger charge is -2.43. The van der Waals surface area contributed by atoms with Crippen LogP contribution in [0.15, 0.2) is 24.3 Å². The van der Waals surface area contributed by atoms with E-state index in [4.69, 9.17) is 39.5 Å². The van der Waals surface area contributed by atoms with Gasteiger partial charge in [-0.05, 0) is 24.3 Å². The number of nitrogens with one attached hydrogen (secondary N) is 2. The van der Waals surface area contributed by atoms with E-state index < -0.39 is 72.3 Å². The minimum atomic E-state index is -5.09. The van der Waals surface area contributed by atoms with Crippen molar-refractivity contribution in [2.75, 3.05) is 42.5 Å². The Bertz CT molecular complexity index is 1070. The van der Waals surface area contributed by atoms with Crippen LogP contribution in [0.2, 0.25) is 0 Å². The average Bonchev–Trinajstić information content (AvgIpc) is 3.19. The summed E-state index contributed by atoms with van der Waals surface area (Å²) in [7, 11) is 0. The second-order valence-corrected chi connectivity index (χ2v) is 10.7. The second kappa shape index (κ2) is 11.6. The molecule has 3 atom stereocenters. The zero-order valence-electron chi connectivity index (χ0n) is 19.3. The molecule has 2 aliphatic heterocycles. The highest BCUT2D eigenvalue weighted by Gasteiger charge is 2.50. The number of rotatable bonds is 6. The van der Waals surface area contributed by atoms with Crippen LogP contribution in [0.1, 0.15) is 0 Å². The molecular formula is C20H19Cl3F7N5O4. The van der Waals surface area contributed by atoms with E-state index in [2.05, 4.69) is 0 Å². The number of nitrogens with zero attached hydrogens (tertiary/aromatic N) is 3. The number of ether oxygens (including phenoxy) is 1. The maximum atomic E-state index is 14.9. The van der Waals surface area contributed by atoms with Crippen LogP contribution in [0.3, 0.4) is 0 Å². The summed E-state index contributed by atoms with van der Waals surface area (Å²) < 4.78 is 94.8. The van der Waals surface area contributed by atoms with Gasteiger partial charge in [-0.15, -0.1) is 0 Å². The molecule has 39 heavy (non-hydrogen) atoms. The lowest BCUT2D eigenvalue weighted by atomic mass is 10.2. The summed E-state index contributed by atoms with van der Waals surface area (Å²) in [5, 5.41) is 3.12. The summed E-state index contributed by atoms with van der Waals surface area (Å²) in [6.45, 7) is -1.83. The summed E-state index contributed by atoms with van der Waals surface area (Å²) in [6, 6.07) is 5.75. The molecule has 1 aromatic carbocycles. The molecule has 218 valence electrons. The van der Waals surface area contributed by atoms with Crippen LogP contribution in [0.5, 0.6) is 0 Å². The number of piperazine rings is 1. The van der Waals surface area contributed by atoms with E-state index in [1.807, 2.05) is 0 Å². The summed E-state index contributed by atoms with van der Waals surface area (Å²) >= 11 is 16.0. The minimum Gasteiger partial charge on any atom is -0.442 e. The van der Waals surface area contributed by atoms with Crippen LogP contribution in [0.25, 0.3) is 0 Å². The number of benzene rings is 1. The van der Waals surface area contributed by atoms with E-state index in [0.717, 1.165) is 4.90 Å². The first-order valence-electron chi connectivity index (χ1n) is 10.9. The number of halogens is 10. The van der Waals surface area contributed by atoms with Crippen molar-refractivity contribution in [3.05, 3.63) is 24.3 Å². The molecular weight excluding hydrogens is 614 g/mol. The molecule has 3 unspecified atom stereocenters. The Morgan fingerprint density at radius 1 is 0.974 bits per heavy atom. The number of carbonyl (C=O) groups is 3. The number of alkyl halides is 10. The highest BCUT2D eigenvalue weighted by Crippen LogP contribution is 2.32. The molecule has 2 N–H and O–H groups in total. The maximum absolute atomic E-state index is 14.9. The van der Waals surface area contributed by atoms with Crippen LogP contribution in [-0.4, -0.2) is 90.2 Å². The fraction of sp³-hybridized carbons (Fsp3) is 0.550. The molecule has 2 heterocycles. The fourth-order valence-corrected chi connectivity index (χ4v) is 3.99. The molecule has 0 spiro atoms. The number of carbonyl (C=O) groups excluding carboxylic acids is 3. The van der Waals surface area contributed by atoms with Gasteiger partial charge in [-0.1, -0.05) is 34.8 Å². The molecule has 2 aliphatic rings. The summed E-state index contributed by atoms with van der Waals surface area (Å²) in [6.07, 6.45) is -17.0. The molecule has 0 aliphatic carbocycles. The average molecular weight is 633 g/mol. The van der Waals surface area contributed by atoms with Gasteiger partial charge in [-0.2, -0.15) is 26.3 Å². The molecule has 0 aromatic heterocycles. The van der Waals surface area contributed by atoms with Crippen LogP contribution in [-0.2, 0) is 14.3 Å². The van der Waals surface area contributed by atoms with Crippen molar-refractivity contribution < 1.29 is 49.9 Å². The first-order chi connectivity index (χ1) is 17.9. The Morgan fingerprint density at radius 3 is 2.08 bits per heavy atom. The first-order valence-corrected chi connectivity index (χ1v) is 12.0. The van der Waals surface area contributed by atoms with Crippen molar-refractivity contribution >= 4 is 64.1 Å². The number of hydrogen-bond acceptors (Lipinski definition) is 6. The van der Waals surface area contributed by atoms with E-state index in [1.165, 1.54) is 34.5 Å². The Kier molecular flexibility index (Phi) is 9.24. The quantitative estimate of drug-likeness (QED) is 0.284. The van der Waals surface area contributed by atoms with Gasteiger partial charge in [-0.25, -0.2) is 14.1 Å². The monoisotopic (exact) mass is 631 g/mol. The van der Waals surface area contributed by atoms with Gasteiger partial charge in [0.2, 0.25) is 0 Å². The summed E-state index contributed by atoms with van der Waals surface area (Å²) in [5.74, 6) is -3.76. The Labute approximate surface area is 231 Å². The zero-order chi connectivity index (χ0) is 29.3. The smallest absolute Gasteiger partial charge is 0.442 e. The van der Waals surface area contributed by atoms with Crippen molar-refractivity contribution in [1.29, 1.82) is 0 Å².